The van der Waals surface area contributed by atoms with Gasteiger partial charge in [0.05, 0.1) is 24.2 Å². The van der Waals surface area contributed by atoms with Gasteiger partial charge in [0, 0.05) is 0 Å². The van der Waals surface area contributed by atoms with E-state index in [-0.39, 0.29) is 24.4 Å². The Morgan fingerprint density at radius 3 is 2.62 bits per heavy atom. The Morgan fingerprint density at radius 1 is 1.29 bits per heavy atom. The Morgan fingerprint density at radius 2 is 2.00 bits per heavy atom. The van der Waals surface area contributed by atoms with Gasteiger partial charge >= 0.3 is 5.97 Å². The number of amides is 1. The van der Waals surface area contributed by atoms with Crippen LogP contribution in [0, 0.1) is 13.8 Å². The van der Waals surface area contributed by atoms with Crippen LogP contribution < -0.4 is 5.32 Å². The van der Waals surface area contributed by atoms with E-state index < -0.39 is 5.97 Å². The standard InChI is InChI=1S/C15H16N2O4/c1-9-10(2)21-14(17-9)8-16-13(18)7-11-5-3-4-6-12(11)15(19)20/h3-6H,7-8H2,1-2H3,(H,16,18)(H,19,20). The Balaban J connectivity index is 1.97. The van der Waals surface area contributed by atoms with Gasteiger partial charge in [-0.2, -0.15) is 0 Å². The topological polar surface area (TPSA) is 92.4 Å². The van der Waals surface area contributed by atoms with E-state index in [1.807, 2.05) is 6.92 Å². The van der Waals surface area contributed by atoms with E-state index in [0.717, 1.165) is 11.5 Å². The summed E-state index contributed by atoms with van der Waals surface area (Å²) in [6.45, 7) is 3.81. The van der Waals surface area contributed by atoms with E-state index in [4.69, 9.17) is 9.52 Å². The molecule has 0 aliphatic rings. The maximum absolute atomic E-state index is 11.9. The summed E-state index contributed by atoms with van der Waals surface area (Å²) in [5.41, 5.74) is 1.40. The highest BCUT2D eigenvalue weighted by Crippen LogP contribution is 2.10. The molecule has 0 aliphatic heterocycles. The van der Waals surface area contributed by atoms with E-state index in [1.165, 1.54) is 6.07 Å². The molecular formula is C15H16N2O4. The van der Waals surface area contributed by atoms with Crippen LogP contribution in [0.5, 0.6) is 0 Å². The fraction of sp³-hybridized carbons (Fsp3) is 0.267. The molecule has 2 rings (SSSR count). The zero-order valence-electron chi connectivity index (χ0n) is 11.8. The monoisotopic (exact) mass is 288 g/mol. The van der Waals surface area contributed by atoms with Crippen molar-refractivity contribution in [2.45, 2.75) is 26.8 Å². The predicted molar refractivity (Wildman–Crippen MR) is 74.9 cm³/mol. The quantitative estimate of drug-likeness (QED) is 0.876. The van der Waals surface area contributed by atoms with E-state index >= 15 is 0 Å². The first-order valence-corrected chi connectivity index (χ1v) is 6.48. The fourth-order valence-corrected chi connectivity index (χ4v) is 1.91. The number of aryl methyl sites for hydroxylation is 2. The van der Waals surface area contributed by atoms with Gasteiger partial charge in [-0.05, 0) is 25.5 Å². The lowest BCUT2D eigenvalue weighted by atomic mass is 10.0. The maximum atomic E-state index is 11.9. The van der Waals surface area contributed by atoms with Crippen LogP contribution in [0.1, 0.15) is 33.3 Å². The minimum atomic E-state index is -1.04. The molecule has 0 spiro atoms. The van der Waals surface area contributed by atoms with Crippen molar-refractivity contribution in [2.75, 3.05) is 0 Å². The molecule has 6 nitrogen and oxygen atoms in total. The second kappa shape index (κ2) is 6.21. The number of carboxylic acid groups (broad SMARTS) is 1. The molecule has 0 aliphatic carbocycles. The van der Waals surface area contributed by atoms with Crippen LogP contribution in [0.25, 0.3) is 0 Å². The number of aromatic carboxylic acids is 1. The summed E-state index contributed by atoms with van der Waals surface area (Å²) in [6, 6.07) is 6.44. The summed E-state index contributed by atoms with van der Waals surface area (Å²) in [7, 11) is 0. The maximum Gasteiger partial charge on any atom is 0.335 e. The molecule has 1 heterocycles. The van der Waals surface area contributed by atoms with Gasteiger partial charge in [0.1, 0.15) is 5.76 Å². The number of carbonyl (C=O) groups excluding carboxylic acids is 1. The number of nitrogens with one attached hydrogen (secondary N) is 1. The predicted octanol–water partition coefficient (Wildman–Crippen LogP) is 1.85. The van der Waals surface area contributed by atoms with Gasteiger partial charge in [0.2, 0.25) is 11.8 Å². The Bertz CT molecular complexity index is 657. The number of rotatable bonds is 5. The Labute approximate surface area is 121 Å². The van der Waals surface area contributed by atoms with Crippen molar-refractivity contribution in [3.63, 3.8) is 0 Å². The number of carboxylic acids is 1. The molecule has 0 saturated heterocycles. The lowest BCUT2D eigenvalue weighted by molar-refractivity contribution is -0.120. The molecule has 0 radical (unpaired) electrons. The van der Waals surface area contributed by atoms with Crippen molar-refractivity contribution in [2.24, 2.45) is 0 Å². The molecule has 0 atom stereocenters. The molecule has 1 aromatic carbocycles. The van der Waals surface area contributed by atoms with Crippen LogP contribution in [-0.2, 0) is 17.8 Å². The summed E-state index contributed by atoms with van der Waals surface area (Å²) in [4.78, 5) is 27.1. The van der Waals surface area contributed by atoms with Gasteiger partial charge in [0.25, 0.3) is 0 Å². The lowest BCUT2D eigenvalue weighted by Crippen LogP contribution is -2.25. The number of hydrogen-bond acceptors (Lipinski definition) is 4. The molecule has 0 fully saturated rings. The van der Waals surface area contributed by atoms with Crippen molar-refractivity contribution in [1.29, 1.82) is 0 Å². The molecule has 2 aromatic rings. The summed E-state index contributed by atoms with van der Waals surface area (Å²) >= 11 is 0. The van der Waals surface area contributed by atoms with Crippen molar-refractivity contribution < 1.29 is 19.1 Å². The summed E-state index contributed by atoms with van der Waals surface area (Å²) in [5.74, 6) is -0.171. The second-order valence-electron chi connectivity index (χ2n) is 4.67. The number of benzene rings is 1. The van der Waals surface area contributed by atoms with E-state index in [1.54, 1.807) is 25.1 Å². The Kier molecular flexibility index (Phi) is 4.37. The SMILES string of the molecule is Cc1nc(CNC(=O)Cc2ccccc2C(=O)O)oc1C. The molecule has 2 N–H and O–H groups in total. The van der Waals surface area contributed by atoms with Crippen LogP contribution in [0.2, 0.25) is 0 Å². The van der Waals surface area contributed by atoms with Crippen molar-refractivity contribution in [1.82, 2.24) is 10.3 Å². The molecule has 1 aromatic heterocycles. The lowest BCUT2D eigenvalue weighted by Gasteiger charge is -2.06. The highest BCUT2D eigenvalue weighted by atomic mass is 16.4. The van der Waals surface area contributed by atoms with Crippen LogP contribution in [0.3, 0.4) is 0 Å². The van der Waals surface area contributed by atoms with Gasteiger partial charge in [-0.15, -0.1) is 0 Å². The summed E-state index contributed by atoms with van der Waals surface area (Å²) in [5, 5.41) is 11.7. The second-order valence-corrected chi connectivity index (χ2v) is 4.67. The third-order valence-electron chi connectivity index (χ3n) is 3.11. The molecule has 0 unspecified atom stereocenters. The van der Waals surface area contributed by atoms with Crippen molar-refractivity contribution in [3.8, 4) is 0 Å². The van der Waals surface area contributed by atoms with E-state index in [0.29, 0.717) is 11.5 Å². The van der Waals surface area contributed by atoms with Crippen LogP contribution in [-0.4, -0.2) is 22.0 Å². The number of carbonyl (C=O) groups is 2. The largest absolute Gasteiger partial charge is 0.478 e. The molecular weight excluding hydrogens is 272 g/mol. The van der Waals surface area contributed by atoms with Crippen LogP contribution >= 0.6 is 0 Å². The first-order valence-electron chi connectivity index (χ1n) is 6.48. The number of hydrogen-bond donors (Lipinski definition) is 2. The third-order valence-corrected chi connectivity index (χ3v) is 3.11. The van der Waals surface area contributed by atoms with Gasteiger partial charge < -0.3 is 14.8 Å². The zero-order chi connectivity index (χ0) is 15.4. The molecule has 21 heavy (non-hydrogen) atoms. The minimum Gasteiger partial charge on any atom is -0.478 e. The van der Waals surface area contributed by atoms with Crippen molar-refractivity contribution in [3.05, 3.63) is 52.7 Å². The highest BCUT2D eigenvalue weighted by molar-refractivity contribution is 5.91. The van der Waals surface area contributed by atoms with Gasteiger partial charge in [-0.1, -0.05) is 18.2 Å². The van der Waals surface area contributed by atoms with E-state index in [9.17, 15) is 9.59 Å². The Hall–Kier alpha value is -2.63. The third kappa shape index (κ3) is 3.68. The first-order chi connectivity index (χ1) is 9.97. The fourth-order valence-electron chi connectivity index (χ4n) is 1.91. The minimum absolute atomic E-state index is 0.00114. The highest BCUT2D eigenvalue weighted by Gasteiger charge is 2.13. The smallest absolute Gasteiger partial charge is 0.335 e. The molecule has 0 bridgehead atoms. The molecule has 1 amide bonds. The number of oxazole rings is 1. The zero-order valence-corrected chi connectivity index (χ0v) is 11.8. The van der Waals surface area contributed by atoms with Gasteiger partial charge in [-0.25, -0.2) is 9.78 Å². The van der Waals surface area contributed by atoms with Gasteiger partial charge in [0.15, 0.2) is 0 Å². The summed E-state index contributed by atoms with van der Waals surface area (Å²) < 4.78 is 5.36. The normalized spacial score (nSPS) is 10.4. The van der Waals surface area contributed by atoms with Gasteiger partial charge in [-0.3, -0.25) is 4.79 Å². The summed E-state index contributed by atoms with van der Waals surface area (Å²) in [6.07, 6.45) is 0.00114. The number of nitrogens with zero attached hydrogens (tertiary/aromatic N) is 1. The average Bonchev–Trinajstić information content (AvgIpc) is 2.76. The van der Waals surface area contributed by atoms with Crippen molar-refractivity contribution >= 4 is 11.9 Å². The molecule has 6 heteroatoms. The first kappa shape index (κ1) is 14.8. The molecule has 0 saturated carbocycles. The van der Waals surface area contributed by atoms with Crippen LogP contribution in [0.4, 0.5) is 0 Å². The molecule has 110 valence electrons. The van der Waals surface area contributed by atoms with E-state index in [2.05, 4.69) is 10.3 Å². The van der Waals surface area contributed by atoms with Crippen LogP contribution in [0.15, 0.2) is 28.7 Å². The number of aromatic nitrogens is 1. The average molecular weight is 288 g/mol.